The second kappa shape index (κ2) is 6.74. The number of esters is 1. The summed E-state index contributed by atoms with van der Waals surface area (Å²) in [4.78, 5) is 23.1. The van der Waals surface area contributed by atoms with Crippen LogP contribution in [0, 0.1) is 6.92 Å². The number of carboxylic acids is 1. The quantitative estimate of drug-likeness (QED) is 0.790. The molecule has 0 spiro atoms. The van der Waals surface area contributed by atoms with Gasteiger partial charge in [0.05, 0.1) is 36.8 Å². The van der Waals surface area contributed by atoms with Crippen LogP contribution in [0.25, 0.3) is 0 Å². The Bertz CT molecular complexity index is 889. The lowest BCUT2D eigenvalue weighted by atomic mass is 9.62. The maximum absolute atomic E-state index is 11.7. The van der Waals surface area contributed by atoms with Crippen LogP contribution in [0.3, 0.4) is 0 Å². The molecule has 5 rings (SSSR count). The minimum Gasteiger partial charge on any atom is -0.477 e. The van der Waals surface area contributed by atoms with Crippen molar-refractivity contribution in [1.82, 2.24) is 5.16 Å². The molecule has 0 atom stereocenters. The van der Waals surface area contributed by atoms with E-state index in [4.69, 9.17) is 14.0 Å². The van der Waals surface area contributed by atoms with E-state index in [-0.39, 0.29) is 23.6 Å². The first kappa shape index (κ1) is 18.7. The molecule has 1 aliphatic carbocycles. The molecule has 2 aromatic rings. The molecule has 3 aliphatic rings. The molecule has 3 fully saturated rings. The fourth-order valence-corrected chi connectivity index (χ4v) is 4.51. The smallest absolute Gasteiger partial charge is 0.341 e. The number of hydrogen-bond donors (Lipinski definition) is 1. The number of nitrogens with zero attached hydrogens (tertiary/aromatic N) is 1. The Morgan fingerprint density at radius 3 is 2.39 bits per heavy atom. The van der Waals surface area contributed by atoms with E-state index in [2.05, 4.69) is 5.16 Å². The lowest BCUT2D eigenvalue weighted by Crippen LogP contribution is -2.51. The molecule has 2 saturated heterocycles. The Morgan fingerprint density at radius 1 is 1.18 bits per heavy atom. The normalized spacial score (nSPS) is 26.2. The summed E-state index contributed by atoms with van der Waals surface area (Å²) in [6, 6.07) is 7.89. The number of rotatable bonds is 5. The number of aromatic nitrogens is 1. The van der Waals surface area contributed by atoms with Crippen molar-refractivity contribution in [2.45, 2.75) is 50.0 Å². The van der Waals surface area contributed by atoms with E-state index < -0.39 is 11.4 Å². The number of carbonyl (C=O) groups is 2. The fraction of sp³-hybridized carbons (Fsp3) is 0.476. The number of aryl methyl sites for hydroxylation is 1. The zero-order valence-corrected chi connectivity index (χ0v) is 16.0. The molecular formula is C21H23NO6. The molecule has 2 bridgehead atoms. The summed E-state index contributed by atoms with van der Waals surface area (Å²) >= 11 is 0. The minimum absolute atomic E-state index is 0.171. The number of fused-ring (bicyclic) bond motifs is 3. The van der Waals surface area contributed by atoms with Crippen molar-refractivity contribution in [2.24, 2.45) is 0 Å². The van der Waals surface area contributed by atoms with Gasteiger partial charge in [-0.15, -0.1) is 0 Å². The average Bonchev–Trinajstić information content (AvgIpc) is 3.12. The maximum Gasteiger partial charge on any atom is 0.341 e. The van der Waals surface area contributed by atoms with Crippen LogP contribution in [0.5, 0.6) is 0 Å². The first-order chi connectivity index (χ1) is 13.4. The molecule has 2 aliphatic heterocycles. The van der Waals surface area contributed by atoms with E-state index in [1.807, 2.05) is 24.3 Å². The molecule has 1 aromatic carbocycles. The summed E-state index contributed by atoms with van der Waals surface area (Å²) in [6.07, 6.45) is 3.37. The molecule has 0 radical (unpaired) electrons. The van der Waals surface area contributed by atoms with Crippen molar-refractivity contribution in [3.8, 4) is 0 Å². The molecule has 7 nitrogen and oxygen atoms in total. The standard InChI is InChI=1S/C21H23NO6/c1-13-17(19(24)25)18(28-22-13)20-7-9-21(10-8-20,27-12-20)15-5-3-14(4-6-15)11-16(23)26-2/h3-6H,7-12H2,1-2H3,(H,24,25). The van der Waals surface area contributed by atoms with Gasteiger partial charge in [0.2, 0.25) is 0 Å². The molecule has 3 heterocycles. The SMILES string of the molecule is COC(=O)Cc1ccc(C23CCC(c4onc(C)c4C(=O)O)(CC2)CO3)cc1. The highest BCUT2D eigenvalue weighted by Gasteiger charge is 2.54. The summed E-state index contributed by atoms with van der Waals surface area (Å²) in [6.45, 7) is 2.06. The van der Waals surface area contributed by atoms with Crippen LogP contribution >= 0.6 is 0 Å². The van der Waals surface area contributed by atoms with E-state index in [9.17, 15) is 14.7 Å². The van der Waals surface area contributed by atoms with Crippen molar-refractivity contribution < 1.29 is 28.7 Å². The average molecular weight is 385 g/mol. The largest absolute Gasteiger partial charge is 0.477 e. The molecular weight excluding hydrogens is 362 g/mol. The van der Waals surface area contributed by atoms with Crippen molar-refractivity contribution in [3.05, 3.63) is 52.4 Å². The topological polar surface area (TPSA) is 98.9 Å². The van der Waals surface area contributed by atoms with Crippen LogP contribution in [0.2, 0.25) is 0 Å². The predicted octanol–water partition coefficient (Wildman–Crippen LogP) is 3.13. The fourth-order valence-electron chi connectivity index (χ4n) is 4.51. The maximum atomic E-state index is 11.7. The molecule has 1 aromatic heterocycles. The molecule has 1 saturated carbocycles. The van der Waals surface area contributed by atoms with E-state index in [0.717, 1.165) is 36.8 Å². The molecule has 28 heavy (non-hydrogen) atoms. The van der Waals surface area contributed by atoms with Gasteiger partial charge >= 0.3 is 11.9 Å². The van der Waals surface area contributed by atoms with Gasteiger partial charge in [-0.1, -0.05) is 29.4 Å². The summed E-state index contributed by atoms with van der Waals surface area (Å²) in [7, 11) is 1.38. The van der Waals surface area contributed by atoms with Gasteiger partial charge in [0, 0.05) is 0 Å². The van der Waals surface area contributed by atoms with Gasteiger partial charge in [-0.05, 0) is 43.7 Å². The molecule has 1 N–H and O–H groups in total. The Labute approximate surface area is 162 Å². The highest BCUT2D eigenvalue weighted by molar-refractivity contribution is 5.90. The highest BCUT2D eigenvalue weighted by atomic mass is 16.5. The Hall–Kier alpha value is -2.67. The molecule has 148 valence electrons. The van der Waals surface area contributed by atoms with Gasteiger partial charge in [0.15, 0.2) is 5.76 Å². The number of carbonyl (C=O) groups excluding carboxylic acids is 1. The van der Waals surface area contributed by atoms with Gasteiger partial charge in [-0.3, -0.25) is 4.79 Å². The van der Waals surface area contributed by atoms with Crippen LogP contribution in [0.1, 0.15) is 58.6 Å². The van der Waals surface area contributed by atoms with Crippen molar-refractivity contribution in [3.63, 3.8) is 0 Å². The van der Waals surface area contributed by atoms with E-state index in [1.165, 1.54) is 7.11 Å². The van der Waals surface area contributed by atoms with E-state index >= 15 is 0 Å². The number of benzene rings is 1. The van der Waals surface area contributed by atoms with E-state index in [1.54, 1.807) is 6.92 Å². The Morgan fingerprint density at radius 2 is 1.86 bits per heavy atom. The second-order valence-electron chi connectivity index (χ2n) is 7.79. The van der Waals surface area contributed by atoms with Crippen molar-refractivity contribution >= 4 is 11.9 Å². The van der Waals surface area contributed by atoms with Gasteiger partial charge < -0.3 is 19.1 Å². The predicted molar refractivity (Wildman–Crippen MR) is 98.1 cm³/mol. The van der Waals surface area contributed by atoms with Crippen LogP contribution in [0.15, 0.2) is 28.8 Å². The van der Waals surface area contributed by atoms with Crippen LogP contribution in [-0.4, -0.2) is 35.9 Å². The van der Waals surface area contributed by atoms with Gasteiger partial charge in [-0.25, -0.2) is 4.79 Å². The summed E-state index contributed by atoms with van der Waals surface area (Å²) in [5, 5.41) is 13.4. The van der Waals surface area contributed by atoms with Gasteiger partial charge in [-0.2, -0.15) is 0 Å². The van der Waals surface area contributed by atoms with Crippen LogP contribution in [-0.2, 0) is 31.7 Å². The summed E-state index contributed by atoms with van der Waals surface area (Å²) < 4.78 is 16.5. The third kappa shape index (κ3) is 2.90. The zero-order valence-electron chi connectivity index (χ0n) is 16.0. The number of carboxylic acid groups (broad SMARTS) is 1. The third-order valence-corrected chi connectivity index (χ3v) is 6.25. The number of methoxy groups -OCH3 is 1. The number of hydrogen-bond acceptors (Lipinski definition) is 6. The molecule has 0 amide bonds. The molecule has 7 heteroatoms. The monoisotopic (exact) mass is 385 g/mol. The van der Waals surface area contributed by atoms with Crippen LogP contribution < -0.4 is 0 Å². The lowest BCUT2D eigenvalue weighted by Gasteiger charge is -2.52. The van der Waals surface area contributed by atoms with Gasteiger partial charge in [0.1, 0.15) is 5.56 Å². The first-order valence-electron chi connectivity index (χ1n) is 9.39. The molecule has 0 unspecified atom stereocenters. The highest BCUT2D eigenvalue weighted by Crippen LogP contribution is 2.55. The zero-order chi connectivity index (χ0) is 19.9. The second-order valence-corrected chi connectivity index (χ2v) is 7.79. The number of aromatic carboxylic acids is 1. The Balaban J connectivity index is 1.55. The summed E-state index contributed by atoms with van der Waals surface area (Å²) in [5.41, 5.74) is 1.76. The van der Waals surface area contributed by atoms with Gasteiger partial charge in [0.25, 0.3) is 0 Å². The first-order valence-corrected chi connectivity index (χ1v) is 9.39. The lowest BCUT2D eigenvalue weighted by molar-refractivity contribution is -0.167. The number of ether oxygens (including phenoxy) is 2. The van der Waals surface area contributed by atoms with E-state index in [0.29, 0.717) is 18.1 Å². The van der Waals surface area contributed by atoms with Crippen molar-refractivity contribution in [2.75, 3.05) is 13.7 Å². The summed E-state index contributed by atoms with van der Waals surface area (Å²) in [5.74, 6) is -0.829. The minimum atomic E-state index is -1.01. The Kier molecular flexibility index (Phi) is 4.50. The van der Waals surface area contributed by atoms with Crippen LogP contribution in [0.4, 0.5) is 0 Å². The third-order valence-electron chi connectivity index (χ3n) is 6.25. The van der Waals surface area contributed by atoms with Crippen molar-refractivity contribution in [1.29, 1.82) is 0 Å².